The van der Waals surface area contributed by atoms with E-state index in [1.165, 1.54) is 5.56 Å². The zero-order valence-electron chi connectivity index (χ0n) is 8.61. The van der Waals surface area contributed by atoms with Crippen LogP contribution in [0.25, 0.3) is 0 Å². The van der Waals surface area contributed by atoms with E-state index in [0.29, 0.717) is 13.0 Å². The molecule has 0 aliphatic carbocycles. The zero-order chi connectivity index (χ0) is 10.0. The van der Waals surface area contributed by atoms with Crippen molar-refractivity contribution in [1.29, 1.82) is 0 Å². The van der Waals surface area contributed by atoms with Gasteiger partial charge in [-0.25, -0.2) is 0 Å². The number of benzene rings is 1. The van der Waals surface area contributed by atoms with Gasteiger partial charge in [-0.15, -0.1) is 0 Å². The van der Waals surface area contributed by atoms with Crippen LogP contribution in [0.2, 0.25) is 0 Å². The summed E-state index contributed by atoms with van der Waals surface area (Å²) < 4.78 is 7.50. The Bertz CT molecular complexity index is 299. The lowest BCUT2D eigenvalue weighted by molar-refractivity contribution is 0.175. The SMILES string of the molecule is [2H][C@@]1(O)CCN(Cc2ccccc2)C1. The van der Waals surface area contributed by atoms with Gasteiger partial charge in [-0.3, -0.25) is 4.90 Å². The quantitative estimate of drug-likeness (QED) is 0.737. The van der Waals surface area contributed by atoms with Crippen LogP contribution in [0.4, 0.5) is 0 Å². The summed E-state index contributed by atoms with van der Waals surface area (Å²) in [7, 11) is 0. The maximum atomic E-state index is 9.47. The second-order valence-corrected chi connectivity index (χ2v) is 3.51. The van der Waals surface area contributed by atoms with Gasteiger partial charge in [0.15, 0.2) is 0 Å². The average Bonchev–Trinajstić information content (AvgIpc) is 2.47. The molecule has 0 amide bonds. The maximum absolute atomic E-state index is 9.47. The van der Waals surface area contributed by atoms with Gasteiger partial charge >= 0.3 is 0 Å². The molecule has 1 saturated heterocycles. The Morgan fingerprint density at radius 3 is 2.85 bits per heavy atom. The summed E-state index contributed by atoms with van der Waals surface area (Å²) in [6.45, 7) is 2.11. The molecule has 2 heteroatoms. The Morgan fingerprint density at radius 2 is 2.23 bits per heavy atom. The van der Waals surface area contributed by atoms with E-state index in [-0.39, 0.29) is 0 Å². The lowest BCUT2D eigenvalue weighted by Gasteiger charge is -2.14. The van der Waals surface area contributed by atoms with Crippen LogP contribution >= 0.6 is 0 Å². The summed E-state index contributed by atoms with van der Waals surface area (Å²) in [5, 5.41) is 9.47. The Morgan fingerprint density at radius 1 is 1.46 bits per heavy atom. The highest BCUT2D eigenvalue weighted by Gasteiger charge is 2.19. The zero-order valence-corrected chi connectivity index (χ0v) is 7.61. The van der Waals surface area contributed by atoms with Crippen molar-refractivity contribution >= 4 is 0 Å². The summed E-state index contributed by atoms with van der Waals surface area (Å²) >= 11 is 0. The van der Waals surface area contributed by atoms with Crippen LogP contribution < -0.4 is 0 Å². The Hall–Kier alpha value is -0.860. The molecule has 1 atom stereocenters. The summed E-state index contributed by atoms with van der Waals surface area (Å²) in [6.07, 6.45) is -0.672. The fraction of sp³-hybridized carbons (Fsp3) is 0.455. The van der Waals surface area contributed by atoms with Crippen LogP contribution in [0.1, 0.15) is 13.4 Å². The molecule has 0 aromatic heterocycles. The van der Waals surface area contributed by atoms with Crippen molar-refractivity contribution in [2.75, 3.05) is 13.1 Å². The predicted molar refractivity (Wildman–Crippen MR) is 52.3 cm³/mol. The molecule has 1 aliphatic rings. The van der Waals surface area contributed by atoms with Gasteiger partial charge in [0, 0.05) is 19.6 Å². The fourth-order valence-corrected chi connectivity index (χ4v) is 1.68. The molecule has 1 N–H and O–H groups in total. The number of hydrogen-bond acceptors (Lipinski definition) is 2. The second-order valence-electron chi connectivity index (χ2n) is 3.51. The topological polar surface area (TPSA) is 23.5 Å². The van der Waals surface area contributed by atoms with Gasteiger partial charge in [0.25, 0.3) is 0 Å². The van der Waals surface area contributed by atoms with Crippen LogP contribution in [0.5, 0.6) is 0 Å². The van der Waals surface area contributed by atoms with E-state index in [1.807, 2.05) is 18.2 Å². The van der Waals surface area contributed by atoms with E-state index in [1.54, 1.807) is 0 Å². The van der Waals surface area contributed by atoms with Crippen molar-refractivity contribution in [1.82, 2.24) is 4.90 Å². The molecule has 70 valence electrons. The number of nitrogens with zero attached hydrogens (tertiary/aromatic N) is 1. The maximum Gasteiger partial charge on any atom is 0.0679 e. The smallest absolute Gasteiger partial charge is 0.0679 e. The van der Waals surface area contributed by atoms with Crippen molar-refractivity contribution in [3.63, 3.8) is 0 Å². The van der Waals surface area contributed by atoms with Gasteiger partial charge < -0.3 is 5.11 Å². The molecule has 1 heterocycles. The Balaban J connectivity index is 1.94. The standard InChI is InChI=1S/C11H15NO/c13-11-6-7-12(9-11)8-10-4-2-1-3-5-10/h1-5,11,13H,6-9H2/t11-/m1/s1/i11D. The van der Waals surface area contributed by atoms with E-state index in [4.69, 9.17) is 1.37 Å². The highest BCUT2D eigenvalue weighted by Crippen LogP contribution is 2.12. The van der Waals surface area contributed by atoms with Crippen molar-refractivity contribution in [3.8, 4) is 0 Å². The van der Waals surface area contributed by atoms with Gasteiger partial charge in [-0.1, -0.05) is 30.3 Å². The van der Waals surface area contributed by atoms with Gasteiger partial charge in [0.05, 0.1) is 7.45 Å². The molecule has 0 unspecified atom stereocenters. The predicted octanol–water partition coefficient (Wildman–Crippen LogP) is 1.25. The molecule has 1 aromatic rings. The molecule has 0 spiro atoms. The molecule has 0 saturated carbocycles. The second kappa shape index (κ2) is 3.90. The summed E-state index contributed by atoms with van der Waals surface area (Å²) in [4.78, 5) is 2.11. The van der Waals surface area contributed by atoms with Crippen LogP contribution in [-0.4, -0.2) is 29.2 Å². The normalized spacial score (nSPS) is 30.4. The minimum absolute atomic E-state index is 0.460. The molecule has 1 fully saturated rings. The first-order chi connectivity index (χ1) is 6.66. The molecule has 1 aromatic carbocycles. The number of hydrogen-bond donors (Lipinski definition) is 1. The number of rotatable bonds is 2. The van der Waals surface area contributed by atoms with Gasteiger partial charge in [-0.05, 0) is 12.0 Å². The van der Waals surface area contributed by atoms with E-state index in [9.17, 15) is 5.11 Å². The summed E-state index contributed by atoms with van der Waals surface area (Å²) in [5.74, 6) is 0. The first-order valence-electron chi connectivity index (χ1n) is 5.14. The van der Waals surface area contributed by atoms with Gasteiger partial charge in [-0.2, -0.15) is 0 Å². The molecular formula is C11H15NO. The van der Waals surface area contributed by atoms with Gasteiger partial charge in [0.2, 0.25) is 0 Å². The highest BCUT2D eigenvalue weighted by molar-refractivity contribution is 5.14. The largest absolute Gasteiger partial charge is 0.392 e. The van der Waals surface area contributed by atoms with Crippen LogP contribution in [-0.2, 0) is 6.54 Å². The minimum Gasteiger partial charge on any atom is -0.392 e. The fourth-order valence-electron chi connectivity index (χ4n) is 1.68. The molecule has 2 rings (SSSR count). The van der Waals surface area contributed by atoms with Crippen LogP contribution in [0, 0.1) is 0 Å². The molecule has 1 aliphatic heterocycles. The molecule has 0 radical (unpaired) electrons. The average molecular weight is 178 g/mol. The number of likely N-dealkylation sites (tertiary alicyclic amines) is 1. The lowest BCUT2D eigenvalue weighted by atomic mass is 10.2. The van der Waals surface area contributed by atoms with E-state index in [2.05, 4.69) is 17.0 Å². The lowest BCUT2D eigenvalue weighted by Crippen LogP contribution is -2.21. The van der Waals surface area contributed by atoms with E-state index in [0.717, 1.165) is 13.1 Å². The van der Waals surface area contributed by atoms with E-state index < -0.39 is 6.08 Å². The highest BCUT2D eigenvalue weighted by atomic mass is 16.3. The Labute approximate surface area is 80.2 Å². The first-order valence-corrected chi connectivity index (χ1v) is 4.64. The van der Waals surface area contributed by atoms with Crippen molar-refractivity contribution < 1.29 is 6.48 Å². The molecule has 0 bridgehead atoms. The third kappa shape index (κ3) is 2.29. The third-order valence-electron chi connectivity index (χ3n) is 2.37. The first kappa shape index (κ1) is 7.54. The van der Waals surface area contributed by atoms with Crippen LogP contribution in [0.3, 0.4) is 0 Å². The number of aliphatic hydroxyl groups is 1. The third-order valence-corrected chi connectivity index (χ3v) is 2.37. The van der Waals surface area contributed by atoms with E-state index >= 15 is 0 Å². The van der Waals surface area contributed by atoms with Crippen molar-refractivity contribution in [2.24, 2.45) is 0 Å². The monoisotopic (exact) mass is 178 g/mol. The molecular weight excluding hydrogens is 162 g/mol. The molecule has 13 heavy (non-hydrogen) atoms. The summed E-state index contributed by atoms with van der Waals surface area (Å²) in [6, 6.07) is 10.2. The van der Waals surface area contributed by atoms with Crippen molar-refractivity contribution in [2.45, 2.75) is 19.0 Å². The van der Waals surface area contributed by atoms with Crippen LogP contribution in [0.15, 0.2) is 30.3 Å². The molecule has 2 nitrogen and oxygen atoms in total. The summed E-state index contributed by atoms with van der Waals surface area (Å²) in [5.41, 5.74) is 1.24. The van der Waals surface area contributed by atoms with Gasteiger partial charge in [0.1, 0.15) is 0 Å². The van der Waals surface area contributed by atoms with Crippen molar-refractivity contribution in [3.05, 3.63) is 35.9 Å². The number of β-amino-alcohol motifs (C(OH)–C–C–N with tert-alkyl or cyclic N) is 1. The minimum atomic E-state index is -1.23. The Kier molecular flexibility index (Phi) is 2.26.